The van der Waals surface area contributed by atoms with Gasteiger partial charge in [-0.2, -0.15) is 0 Å². The van der Waals surface area contributed by atoms with E-state index in [9.17, 15) is 0 Å². The minimum Gasteiger partial charge on any atom is -0.397 e. The number of likely N-dealkylation sites (tertiary alicyclic amines) is 1. The normalized spacial score (nSPS) is 17.4. The lowest BCUT2D eigenvalue weighted by molar-refractivity contribution is 0.296. The van der Waals surface area contributed by atoms with Crippen LogP contribution in [-0.2, 0) is 0 Å². The van der Waals surface area contributed by atoms with Crippen LogP contribution in [0.4, 0.5) is 11.4 Å². The summed E-state index contributed by atoms with van der Waals surface area (Å²) in [6, 6.07) is 5.99. The summed E-state index contributed by atoms with van der Waals surface area (Å²) >= 11 is 3.42. The third-order valence-corrected chi connectivity index (χ3v) is 3.95. The number of benzene rings is 1. The molecule has 1 aromatic carbocycles. The van der Waals surface area contributed by atoms with Crippen molar-refractivity contribution in [2.45, 2.75) is 25.7 Å². The van der Waals surface area contributed by atoms with Crippen molar-refractivity contribution in [3.63, 3.8) is 0 Å². The van der Waals surface area contributed by atoms with Gasteiger partial charge >= 0.3 is 0 Å². The fourth-order valence-electron chi connectivity index (χ4n) is 2.40. The van der Waals surface area contributed by atoms with E-state index < -0.39 is 0 Å². The molecule has 0 unspecified atom stereocenters. The summed E-state index contributed by atoms with van der Waals surface area (Å²) in [5, 5.41) is 3.42. The van der Waals surface area contributed by atoms with Gasteiger partial charge < -0.3 is 16.0 Å². The first-order valence-corrected chi connectivity index (χ1v) is 7.56. The Hall–Kier alpha value is -0.740. The third kappa shape index (κ3) is 4.18. The highest BCUT2D eigenvalue weighted by atomic mass is 79.9. The molecule has 0 spiro atoms. The van der Waals surface area contributed by atoms with E-state index in [0.29, 0.717) is 0 Å². The zero-order valence-electron chi connectivity index (χ0n) is 10.8. The fourth-order valence-corrected chi connectivity index (χ4v) is 2.78. The van der Waals surface area contributed by atoms with E-state index in [1.807, 2.05) is 18.2 Å². The molecule has 0 saturated carbocycles. The first-order valence-electron chi connectivity index (χ1n) is 6.77. The first-order chi connectivity index (χ1) is 8.75. The quantitative estimate of drug-likeness (QED) is 0.838. The molecule has 0 amide bonds. The standard InChI is InChI=1S/C14H22BrN3/c15-12-5-6-14(13(16)11-12)17-7-10-18-8-3-1-2-4-9-18/h5-6,11,17H,1-4,7-10,16H2. The Kier molecular flexibility index (Phi) is 5.32. The molecule has 1 heterocycles. The van der Waals surface area contributed by atoms with Crippen molar-refractivity contribution >= 4 is 27.3 Å². The SMILES string of the molecule is Nc1cc(Br)ccc1NCCN1CCCCCC1. The number of halogens is 1. The smallest absolute Gasteiger partial charge is 0.0575 e. The summed E-state index contributed by atoms with van der Waals surface area (Å²) in [6.45, 7) is 4.57. The second-order valence-corrected chi connectivity index (χ2v) is 5.83. The summed E-state index contributed by atoms with van der Waals surface area (Å²) < 4.78 is 1.03. The molecule has 1 aliphatic heterocycles. The second kappa shape index (κ2) is 7.00. The monoisotopic (exact) mass is 311 g/mol. The third-order valence-electron chi connectivity index (χ3n) is 3.46. The number of hydrogen-bond donors (Lipinski definition) is 2. The summed E-state index contributed by atoms with van der Waals surface area (Å²) in [4.78, 5) is 2.55. The second-order valence-electron chi connectivity index (χ2n) is 4.91. The van der Waals surface area contributed by atoms with Crippen molar-refractivity contribution in [1.29, 1.82) is 0 Å². The average molecular weight is 312 g/mol. The Morgan fingerprint density at radius 2 is 1.89 bits per heavy atom. The Morgan fingerprint density at radius 1 is 1.17 bits per heavy atom. The van der Waals surface area contributed by atoms with Crippen molar-refractivity contribution in [3.8, 4) is 0 Å². The van der Waals surface area contributed by atoms with E-state index in [1.54, 1.807) is 0 Å². The summed E-state index contributed by atoms with van der Waals surface area (Å²) in [7, 11) is 0. The topological polar surface area (TPSA) is 41.3 Å². The van der Waals surface area contributed by atoms with Gasteiger partial charge in [-0.1, -0.05) is 28.8 Å². The Labute approximate surface area is 118 Å². The molecule has 1 fully saturated rings. The largest absolute Gasteiger partial charge is 0.397 e. The molecule has 0 bridgehead atoms. The van der Waals surface area contributed by atoms with Crippen molar-refractivity contribution < 1.29 is 0 Å². The number of anilines is 2. The molecule has 100 valence electrons. The van der Waals surface area contributed by atoms with Crippen LogP contribution in [0.25, 0.3) is 0 Å². The molecule has 3 nitrogen and oxygen atoms in total. The summed E-state index contributed by atoms with van der Waals surface area (Å²) in [5.74, 6) is 0. The number of hydrogen-bond acceptors (Lipinski definition) is 3. The minimum absolute atomic E-state index is 0.806. The van der Waals surface area contributed by atoms with Crippen LogP contribution in [-0.4, -0.2) is 31.1 Å². The Balaban J connectivity index is 1.77. The Morgan fingerprint density at radius 3 is 2.56 bits per heavy atom. The molecule has 4 heteroatoms. The van der Waals surface area contributed by atoms with Crippen LogP contribution >= 0.6 is 15.9 Å². The maximum atomic E-state index is 5.96. The number of nitrogens with two attached hydrogens (primary N) is 1. The van der Waals surface area contributed by atoms with Crippen LogP contribution in [0.5, 0.6) is 0 Å². The van der Waals surface area contributed by atoms with Crippen molar-refractivity contribution in [1.82, 2.24) is 4.90 Å². The molecule has 2 rings (SSSR count). The predicted octanol–water partition coefficient (Wildman–Crippen LogP) is 3.32. The van der Waals surface area contributed by atoms with Gasteiger partial charge in [0.2, 0.25) is 0 Å². The Bertz CT molecular complexity index is 373. The minimum atomic E-state index is 0.806. The number of nitrogens with one attached hydrogen (secondary N) is 1. The lowest BCUT2D eigenvalue weighted by atomic mass is 10.2. The molecule has 3 N–H and O–H groups in total. The molecule has 1 aliphatic rings. The zero-order valence-corrected chi connectivity index (χ0v) is 12.4. The van der Waals surface area contributed by atoms with Crippen molar-refractivity contribution in [3.05, 3.63) is 22.7 Å². The summed E-state index contributed by atoms with van der Waals surface area (Å²) in [6.07, 6.45) is 5.48. The molecular weight excluding hydrogens is 290 g/mol. The van der Waals surface area contributed by atoms with Crippen molar-refractivity contribution in [2.75, 3.05) is 37.2 Å². The van der Waals surface area contributed by atoms with Gasteiger partial charge in [0.15, 0.2) is 0 Å². The highest BCUT2D eigenvalue weighted by Crippen LogP contribution is 2.22. The fraction of sp³-hybridized carbons (Fsp3) is 0.571. The highest BCUT2D eigenvalue weighted by Gasteiger charge is 2.08. The van der Waals surface area contributed by atoms with Gasteiger partial charge in [-0.15, -0.1) is 0 Å². The van der Waals surface area contributed by atoms with Gasteiger partial charge in [0.05, 0.1) is 11.4 Å². The molecule has 18 heavy (non-hydrogen) atoms. The van der Waals surface area contributed by atoms with Crippen LogP contribution in [0.15, 0.2) is 22.7 Å². The van der Waals surface area contributed by atoms with Gasteiger partial charge in [-0.05, 0) is 44.1 Å². The lowest BCUT2D eigenvalue weighted by Gasteiger charge is -2.20. The van der Waals surface area contributed by atoms with Crippen LogP contribution in [0.2, 0.25) is 0 Å². The van der Waals surface area contributed by atoms with E-state index in [-0.39, 0.29) is 0 Å². The molecular formula is C14H22BrN3. The first kappa shape index (κ1) is 13.7. The van der Waals surface area contributed by atoms with Crippen LogP contribution in [0.1, 0.15) is 25.7 Å². The van der Waals surface area contributed by atoms with E-state index in [0.717, 1.165) is 28.9 Å². The van der Waals surface area contributed by atoms with Gasteiger partial charge in [-0.25, -0.2) is 0 Å². The van der Waals surface area contributed by atoms with E-state index in [1.165, 1.54) is 38.8 Å². The van der Waals surface area contributed by atoms with Crippen LogP contribution in [0, 0.1) is 0 Å². The molecule has 1 aromatic rings. The van der Waals surface area contributed by atoms with Crippen LogP contribution < -0.4 is 11.1 Å². The summed E-state index contributed by atoms with van der Waals surface area (Å²) in [5.41, 5.74) is 7.80. The van der Waals surface area contributed by atoms with E-state index in [2.05, 4.69) is 26.1 Å². The number of rotatable bonds is 4. The van der Waals surface area contributed by atoms with E-state index in [4.69, 9.17) is 5.73 Å². The van der Waals surface area contributed by atoms with Gasteiger partial charge in [0.25, 0.3) is 0 Å². The van der Waals surface area contributed by atoms with Gasteiger partial charge in [0, 0.05) is 17.6 Å². The van der Waals surface area contributed by atoms with Crippen molar-refractivity contribution in [2.24, 2.45) is 0 Å². The molecule has 0 radical (unpaired) electrons. The molecule has 0 aromatic heterocycles. The zero-order chi connectivity index (χ0) is 12.8. The maximum absolute atomic E-state index is 5.96. The molecule has 0 aliphatic carbocycles. The highest BCUT2D eigenvalue weighted by molar-refractivity contribution is 9.10. The predicted molar refractivity (Wildman–Crippen MR) is 82.0 cm³/mol. The molecule has 0 atom stereocenters. The maximum Gasteiger partial charge on any atom is 0.0575 e. The number of nitrogen functional groups attached to an aromatic ring is 1. The van der Waals surface area contributed by atoms with Gasteiger partial charge in [0.1, 0.15) is 0 Å². The van der Waals surface area contributed by atoms with Gasteiger partial charge in [-0.3, -0.25) is 0 Å². The van der Waals surface area contributed by atoms with E-state index >= 15 is 0 Å². The lowest BCUT2D eigenvalue weighted by Crippen LogP contribution is -2.30. The van der Waals surface area contributed by atoms with Crippen LogP contribution in [0.3, 0.4) is 0 Å². The number of nitrogens with zero attached hydrogens (tertiary/aromatic N) is 1. The average Bonchev–Trinajstić information content (AvgIpc) is 2.60. The molecule has 1 saturated heterocycles.